The average Bonchev–Trinajstić information content (AvgIpc) is 2.44. The first-order valence-electron chi connectivity index (χ1n) is 7.60. The molecule has 0 aliphatic carbocycles. The minimum absolute atomic E-state index is 0. The van der Waals surface area contributed by atoms with Crippen LogP contribution in [0.2, 0.25) is 0 Å². The van der Waals surface area contributed by atoms with E-state index in [1.54, 1.807) is 0 Å². The normalized spacial score (nSPS) is 18.6. The molecule has 1 unspecified atom stereocenters. The van der Waals surface area contributed by atoms with E-state index in [1.165, 1.54) is 18.4 Å². The van der Waals surface area contributed by atoms with E-state index >= 15 is 0 Å². The van der Waals surface area contributed by atoms with Crippen molar-refractivity contribution in [1.29, 1.82) is 0 Å². The minimum atomic E-state index is 0. The molecule has 1 heterocycles. The number of halogens is 2. The van der Waals surface area contributed by atoms with Gasteiger partial charge in [-0.3, -0.25) is 9.69 Å². The van der Waals surface area contributed by atoms with Crippen molar-refractivity contribution in [2.24, 2.45) is 5.73 Å². The molecule has 1 saturated heterocycles. The van der Waals surface area contributed by atoms with Crippen LogP contribution in [0.15, 0.2) is 22.7 Å². The van der Waals surface area contributed by atoms with Gasteiger partial charge in [0.2, 0.25) is 5.91 Å². The zero-order chi connectivity index (χ0) is 15.2. The fourth-order valence-corrected chi connectivity index (χ4v) is 3.48. The van der Waals surface area contributed by atoms with Gasteiger partial charge in [-0.15, -0.1) is 12.4 Å². The maximum absolute atomic E-state index is 12.3. The molecule has 1 aliphatic heterocycles. The Kier molecular flexibility index (Phi) is 8.39. The van der Waals surface area contributed by atoms with Gasteiger partial charge in [0, 0.05) is 10.5 Å². The fraction of sp³-hybridized carbons (Fsp3) is 0.562. The smallest absolute Gasteiger partial charge is 0.238 e. The van der Waals surface area contributed by atoms with Gasteiger partial charge in [-0.2, -0.15) is 0 Å². The summed E-state index contributed by atoms with van der Waals surface area (Å²) in [5.41, 5.74) is 7.67. The van der Waals surface area contributed by atoms with Crippen LogP contribution in [0, 0.1) is 6.92 Å². The first kappa shape index (κ1) is 19.4. The molecular formula is C16H25BrClN3O. The van der Waals surface area contributed by atoms with Gasteiger partial charge in [-0.05, 0) is 72.9 Å². The molecule has 1 atom stereocenters. The second-order valence-electron chi connectivity index (χ2n) is 5.73. The maximum Gasteiger partial charge on any atom is 0.238 e. The highest BCUT2D eigenvalue weighted by Gasteiger charge is 2.23. The molecule has 1 aromatic carbocycles. The minimum Gasteiger partial charge on any atom is -0.330 e. The monoisotopic (exact) mass is 389 g/mol. The van der Waals surface area contributed by atoms with Crippen molar-refractivity contribution in [2.75, 3.05) is 25.0 Å². The van der Waals surface area contributed by atoms with Crippen LogP contribution in [-0.4, -0.2) is 36.5 Å². The molecule has 3 N–H and O–H groups in total. The quantitative estimate of drug-likeness (QED) is 0.811. The highest BCUT2D eigenvalue weighted by Crippen LogP contribution is 2.24. The second kappa shape index (κ2) is 9.50. The number of amides is 1. The first-order chi connectivity index (χ1) is 10.1. The predicted octanol–water partition coefficient (Wildman–Crippen LogP) is 3.32. The summed E-state index contributed by atoms with van der Waals surface area (Å²) in [6.45, 7) is 4.16. The first-order valence-corrected chi connectivity index (χ1v) is 8.39. The number of piperidine rings is 1. The molecule has 0 radical (unpaired) electrons. The van der Waals surface area contributed by atoms with E-state index < -0.39 is 0 Å². The lowest BCUT2D eigenvalue weighted by molar-refractivity contribution is -0.118. The van der Waals surface area contributed by atoms with Crippen LogP contribution in [0.25, 0.3) is 0 Å². The van der Waals surface area contributed by atoms with Gasteiger partial charge in [-0.1, -0.05) is 12.5 Å². The molecule has 0 aromatic heterocycles. The number of carbonyl (C=O) groups is 1. The van der Waals surface area contributed by atoms with Crippen LogP contribution >= 0.6 is 28.3 Å². The molecule has 0 bridgehead atoms. The number of nitrogens with one attached hydrogen (secondary N) is 1. The number of rotatable bonds is 5. The molecule has 6 heteroatoms. The number of hydrogen-bond acceptors (Lipinski definition) is 3. The number of likely N-dealkylation sites (tertiary alicyclic amines) is 1. The van der Waals surface area contributed by atoms with Gasteiger partial charge in [0.05, 0.1) is 12.2 Å². The summed E-state index contributed by atoms with van der Waals surface area (Å²) in [6, 6.07) is 6.40. The molecule has 22 heavy (non-hydrogen) atoms. The van der Waals surface area contributed by atoms with Crippen molar-refractivity contribution in [2.45, 2.75) is 38.6 Å². The Bertz CT molecular complexity index is 496. The molecule has 4 nitrogen and oxygen atoms in total. The van der Waals surface area contributed by atoms with Gasteiger partial charge < -0.3 is 11.1 Å². The summed E-state index contributed by atoms with van der Waals surface area (Å²) in [5, 5.41) is 2.99. The van der Waals surface area contributed by atoms with Crippen LogP contribution in [0.4, 0.5) is 5.69 Å². The highest BCUT2D eigenvalue weighted by atomic mass is 79.9. The van der Waals surface area contributed by atoms with Gasteiger partial charge in [-0.25, -0.2) is 0 Å². The lowest BCUT2D eigenvalue weighted by Crippen LogP contribution is -2.44. The summed E-state index contributed by atoms with van der Waals surface area (Å²) < 4.78 is 0.924. The van der Waals surface area contributed by atoms with Crippen molar-refractivity contribution in [3.05, 3.63) is 28.2 Å². The zero-order valence-electron chi connectivity index (χ0n) is 13.0. The van der Waals surface area contributed by atoms with Crippen molar-refractivity contribution in [3.63, 3.8) is 0 Å². The Hall–Kier alpha value is -0.620. The van der Waals surface area contributed by atoms with E-state index in [0.29, 0.717) is 19.1 Å². The molecular weight excluding hydrogens is 366 g/mol. The summed E-state index contributed by atoms with van der Waals surface area (Å²) in [5.74, 6) is 0.0449. The van der Waals surface area contributed by atoms with E-state index in [4.69, 9.17) is 5.73 Å². The summed E-state index contributed by atoms with van der Waals surface area (Å²) in [7, 11) is 0. The molecule has 1 amide bonds. The van der Waals surface area contributed by atoms with E-state index in [1.807, 2.05) is 25.1 Å². The van der Waals surface area contributed by atoms with Crippen molar-refractivity contribution in [3.8, 4) is 0 Å². The van der Waals surface area contributed by atoms with Crippen molar-refractivity contribution in [1.82, 2.24) is 4.90 Å². The molecule has 2 rings (SSSR count). The van der Waals surface area contributed by atoms with Crippen LogP contribution in [-0.2, 0) is 4.79 Å². The molecule has 0 saturated carbocycles. The topological polar surface area (TPSA) is 58.4 Å². The second-order valence-corrected chi connectivity index (χ2v) is 6.58. The van der Waals surface area contributed by atoms with Crippen molar-refractivity contribution < 1.29 is 4.79 Å². The van der Waals surface area contributed by atoms with Crippen LogP contribution in [0.5, 0.6) is 0 Å². The number of nitrogens with zero attached hydrogens (tertiary/aromatic N) is 1. The number of hydrogen-bond donors (Lipinski definition) is 2. The fourth-order valence-electron chi connectivity index (χ4n) is 2.88. The summed E-state index contributed by atoms with van der Waals surface area (Å²) in [6.07, 6.45) is 4.54. The van der Waals surface area contributed by atoms with Crippen LogP contribution in [0.1, 0.15) is 31.2 Å². The van der Waals surface area contributed by atoms with E-state index in [9.17, 15) is 4.79 Å². The van der Waals surface area contributed by atoms with Gasteiger partial charge >= 0.3 is 0 Å². The van der Waals surface area contributed by atoms with Gasteiger partial charge in [0.1, 0.15) is 0 Å². The number of carbonyl (C=O) groups excluding carboxylic acids is 1. The lowest BCUT2D eigenvalue weighted by atomic mass is 9.99. The standard InChI is InChI=1S/C16H24BrN3O.ClH/c1-12-5-6-15(14(17)10-12)19-16(21)11-20-9-3-2-4-13(20)7-8-18;/h5-6,10,13H,2-4,7-9,11,18H2,1H3,(H,19,21);1H. The number of benzene rings is 1. The average molecular weight is 391 g/mol. The summed E-state index contributed by atoms with van der Waals surface area (Å²) in [4.78, 5) is 14.5. The third-order valence-electron chi connectivity index (χ3n) is 3.99. The summed E-state index contributed by atoms with van der Waals surface area (Å²) >= 11 is 3.49. The Labute approximate surface area is 147 Å². The zero-order valence-corrected chi connectivity index (χ0v) is 15.4. The Morgan fingerprint density at radius 1 is 1.45 bits per heavy atom. The van der Waals surface area contributed by atoms with E-state index in [-0.39, 0.29) is 18.3 Å². The Balaban J connectivity index is 0.00000242. The Morgan fingerprint density at radius 2 is 2.23 bits per heavy atom. The molecule has 124 valence electrons. The molecule has 0 spiro atoms. The van der Waals surface area contributed by atoms with Crippen LogP contribution < -0.4 is 11.1 Å². The van der Waals surface area contributed by atoms with E-state index in [0.717, 1.165) is 29.5 Å². The largest absolute Gasteiger partial charge is 0.330 e. The maximum atomic E-state index is 12.3. The SMILES string of the molecule is Cc1ccc(NC(=O)CN2CCCCC2CCN)c(Br)c1.Cl. The number of nitrogens with two attached hydrogens (primary N) is 1. The third kappa shape index (κ3) is 5.54. The number of anilines is 1. The third-order valence-corrected chi connectivity index (χ3v) is 4.65. The Morgan fingerprint density at radius 3 is 2.91 bits per heavy atom. The van der Waals surface area contributed by atoms with Gasteiger partial charge in [0.25, 0.3) is 0 Å². The van der Waals surface area contributed by atoms with E-state index in [2.05, 4.69) is 26.1 Å². The van der Waals surface area contributed by atoms with Gasteiger partial charge in [0.15, 0.2) is 0 Å². The molecule has 1 aromatic rings. The lowest BCUT2D eigenvalue weighted by Gasteiger charge is -2.35. The highest BCUT2D eigenvalue weighted by molar-refractivity contribution is 9.10. The van der Waals surface area contributed by atoms with Crippen LogP contribution in [0.3, 0.4) is 0 Å². The number of aryl methyl sites for hydroxylation is 1. The molecule has 1 fully saturated rings. The predicted molar refractivity (Wildman–Crippen MR) is 97.6 cm³/mol. The molecule has 1 aliphatic rings. The van der Waals surface area contributed by atoms with Crippen molar-refractivity contribution >= 4 is 39.9 Å².